The minimum Gasteiger partial charge on any atom is -0.465 e. The summed E-state index contributed by atoms with van der Waals surface area (Å²) in [6.07, 6.45) is 1.89. The smallest absolute Gasteiger partial charge is 0.339 e. The first-order valence-electron chi connectivity index (χ1n) is 5.10. The Hall–Kier alpha value is -1.43. The van der Waals surface area contributed by atoms with Crippen molar-refractivity contribution < 1.29 is 14.3 Å². The number of aromatic nitrogens is 1. The molecule has 1 fully saturated rings. The van der Waals surface area contributed by atoms with Crippen LogP contribution in [-0.2, 0) is 9.53 Å². The second-order valence-corrected chi connectivity index (χ2v) is 5.00. The number of alkyl halides is 1. The topological polar surface area (TPSA) is 59.5 Å². The molecule has 1 aromatic rings. The van der Waals surface area contributed by atoms with Crippen LogP contribution in [0, 0.1) is 0 Å². The molecular weight excluding hydrogens is 288 g/mol. The molecule has 0 aliphatic carbocycles. The zero-order valence-electron chi connectivity index (χ0n) is 9.22. The van der Waals surface area contributed by atoms with Gasteiger partial charge in [-0.15, -0.1) is 0 Å². The Bertz CT molecular complexity index is 447. The predicted molar refractivity (Wildman–Crippen MR) is 65.3 cm³/mol. The molecule has 6 heteroatoms. The molecule has 0 saturated carbocycles. The number of pyridine rings is 1. The number of amides is 1. The summed E-state index contributed by atoms with van der Waals surface area (Å²) in [5, 5.41) is 0. The third kappa shape index (κ3) is 2.46. The second kappa shape index (κ2) is 4.83. The van der Waals surface area contributed by atoms with Crippen LogP contribution in [0.3, 0.4) is 0 Å². The number of carbonyl (C=O) groups is 2. The van der Waals surface area contributed by atoms with Crippen molar-refractivity contribution in [3.8, 4) is 0 Å². The van der Waals surface area contributed by atoms with E-state index >= 15 is 0 Å². The number of anilines is 1. The van der Waals surface area contributed by atoms with Gasteiger partial charge in [-0.3, -0.25) is 9.69 Å². The van der Waals surface area contributed by atoms with Crippen LogP contribution in [-0.4, -0.2) is 35.3 Å². The lowest BCUT2D eigenvalue weighted by molar-refractivity contribution is -0.117. The molecule has 1 unspecified atom stereocenters. The van der Waals surface area contributed by atoms with Crippen molar-refractivity contribution in [2.75, 3.05) is 18.6 Å². The normalized spacial score (nSPS) is 19.5. The molecule has 1 amide bonds. The molecule has 2 heterocycles. The zero-order valence-corrected chi connectivity index (χ0v) is 10.8. The van der Waals surface area contributed by atoms with E-state index in [2.05, 4.69) is 25.7 Å². The van der Waals surface area contributed by atoms with Gasteiger partial charge in [-0.1, -0.05) is 15.9 Å². The van der Waals surface area contributed by atoms with Crippen molar-refractivity contribution in [3.63, 3.8) is 0 Å². The lowest BCUT2D eigenvalue weighted by Crippen LogP contribution is -2.25. The summed E-state index contributed by atoms with van der Waals surface area (Å²) in [6.45, 7) is 0.601. The van der Waals surface area contributed by atoms with Gasteiger partial charge in [0.25, 0.3) is 0 Å². The molecule has 17 heavy (non-hydrogen) atoms. The number of esters is 1. The maximum Gasteiger partial charge on any atom is 0.339 e. The average molecular weight is 299 g/mol. The molecule has 1 aliphatic rings. The van der Waals surface area contributed by atoms with E-state index in [1.54, 1.807) is 17.0 Å². The summed E-state index contributed by atoms with van der Waals surface area (Å²) in [7, 11) is 1.32. The minimum absolute atomic E-state index is 0.0326. The van der Waals surface area contributed by atoms with Gasteiger partial charge in [-0.05, 0) is 12.1 Å². The summed E-state index contributed by atoms with van der Waals surface area (Å²) in [6, 6.07) is 3.25. The monoisotopic (exact) mass is 298 g/mol. The second-order valence-electron chi connectivity index (χ2n) is 3.70. The van der Waals surface area contributed by atoms with Crippen LogP contribution < -0.4 is 4.90 Å². The SMILES string of the molecule is COC(=O)c1ccc(N2CC(Br)CC2=O)nc1. The van der Waals surface area contributed by atoms with E-state index in [1.807, 2.05) is 0 Å². The van der Waals surface area contributed by atoms with Crippen LogP contribution in [0.25, 0.3) is 0 Å². The van der Waals surface area contributed by atoms with Crippen LogP contribution in [0.5, 0.6) is 0 Å². The van der Waals surface area contributed by atoms with E-state index in [9.17, 15) is 9.59 Å². The highest BCUT2D eigenvalue weighted by Crippen LogP contribution is 2.23. The Balaban J connectivity index is 2.18. The van der Waals surface area contributed by atoms with Gasteiger partial charge in [0.15, 0.2) is 0 Å². The van der Waals surface area contributed by atoms with Gasteiger partial charge in [0.2, 0.25) is 5.91 Å². The molecule has 2 rings (SSSR count). The fourth-order valence-corrected chi connectivity index (χ4v) is 2.24. The molecule has 1 atom stereocenters. The highest BCUT2D eigenvalue weighted by atomic mass is 79.9. The van der Waals surface area contributed by atoms with Crippen LogP contribution in [0.2, 0.25) is 0 Å². The highest BCUT2D eigenvalue weighted by molar-refractivity contribution is 9.09. The van der Waals surface area contributed by atoms with Gasteiger partial charge in [-0.2, -0.15) is 0 Å². The zero-order chi connectivity index (χ0) is 12.4. The number of hydrogen-bond donors (Lipinski definition) is 0. The number of hydrogen-bond acceptors (Lipinski definition) is 4. The summed E-state index contributed by atoms with van der Waals surface area (Å²) >= 11 is 3.40. The molecular formula is C11H11BrN2O3. The van der Waals surface area contributed by atoms with Crippen molar-refractivity contribution >= 4 is 33.6 Å². The molecule has 0 spiro atoms. The summed E-state index contributed by atoms with van der Waals surface area (Å²) in [4.78, 5) is 28.7. The molecule has 90 valence electrons. The van der Waals surface area contributed by atoms with Crippen LogP contribution in [0.4, 0.5) is 5.82 Å². The Kier molecular flexibility index (Phi) is 3.42. The first-order valence-corrected chi connectivity index (χ1v) is 6.02. The minimum atomic E-state index is -0.435. The molecule has 5 nitrogen and oxygen atoms in total. The van der Waals surface area contributed by atoms with Gasteiger partial charge in [0.05, 0.1) is 12.7 Å². The molecule has 0 N–H and O–H groups in total. The van der Waals surface area contributed by atoms with Gasteiger partial charge in [0, 0.05) is 24.0 Å². The van der Waals surface area contributed by atoms with Gasteiger partial charge < -0.3 is 4.74 Å². The fraction of sp³-hybridized carbons (Fsp3) is 0.364. The van der Waals surface area contributed by atoms with E-state index in [0.29, 0.717) is 24.3 Å². The van der Waals surface area contributed by atoms with E-state index in [0.717, 1.165) is 0 Å². The number of ether oxygens (including phenoxy) is 1. The maximum atomic E-state index is 11.6. The van der Waals surface area contributed by atoms with Crippen molar-refractivity contribution in [2.45, 2.75) is 11.2 Å². The molecule has 0 bridgehead atoms. The lowest BCUT2D eigenvalue weighted by Gasteiger charge is -2.14. The molecule has 1 saturated heterocycles. The molecule has 0 radical (unpaired) electrons. The third-order valence-electron chi connectivity index (χ3n) is 2.52. The standard InChI is InChI=1S/C11H11BrN2O3/c1-17-11(16)7-2-3-9(13-5-7)14-6-8(12)4-10(14)15/h2-3,5,8H,4,6H2,1H3. The Morgan fingerprint density at radius 2 is 2.35 bits per heavy atom. The van der Waals surface area contributed by atoms with Crippen molar-refractivity contribution in [2.24, 2.45) is 0 Å². The van der Waals surface area contributed by atoms with Gasteiger partial charge in [-0.25, -0.2) is 9.78 Å². The number of nitrogens with zero attached hydrogens (tertiary/aromatic N) is 2. The quantitative estimate of drug-likeness (QED) is 0.611. The summed E-state index contributed by atoms with van der Waals surface area (Å²) < 4.78 is 4.57. The average Bonchev–Trinajstić information content (AvgIpc) is 2.68. The predicted octanol–water partition coefficient (Wildman–Crippen LogP) is 1.37. The van der Waals surface area contributed by atoms with Crippen LogP contribution in [0.1, 0.15) is 16.8 Å². The first kappa shape index (κ1) is 12.0. The maximum absolute atomic E-state index is 11.6. The van der Waals surface area contributed by atoms with E-state index < -0.39 is 5.97 Å². The van der Waals surface area contributed by atoms with Crippen molar-refractivity contribution in [3.05, 3.63) is 23.9 Å². The lowest BCUT2D eigenvalue weighted by atomic mass is 10.3. The Morgan fingerprint density at radius 3 is 2.82 bits per heavy atom. The number of halogens is 1. The fourth-order valence-electron chi connectivity index (χ4n) is 1.67. The third-order valence-corrected chi connectivity index (χ3v) is 3.14. The summed E-state index contributed by atoms with van der Waals surface area (Å²) in [5.74, 6) is 0.157. The van der Waals surface area contributed by atoms with E-state index in [4.69, 9.17) is 0 Å². The van der Waals surface area contributed by atoms with Crippen molar-refractivity contribution in [1.82, 2.24) is 4.98 Å². The molecule has 1 aromatic heterocycles. The van der Waals surface area contributed by atoms with Gasteiger partial charge in [0.1, 0.15) is 5.82 Å². The first-order chi connectivity index (χ1) is 8.11. The molecule has 0 aromatic carbocycles. The van der Waals surface area contributed by atoms with Crippen LogP contribution >= 0.6 is 15.9 Å². The van der Waals surface area contributed by atoms with Gasteiger partial charge >= 0.3 is 5.97 Å². The van der Waals surface area contributed by atoms with E-state index in [-0.39, 0.29) is 10.7 Å². The number of carbonyl (C=O) groups excluding carboxylic acids is 2. The largest absolute Gasteiger partial charge is 0.465 e. The summed E-state index contributed by atoms with van der Waals surface area (Å²) in [5.41, 5.74) is 0.373. The number of methoxy groups -OCH3 is 1. The highest BCUT2D eigenvalue weighted by Gasteiger charge is 2.29. The van der Waals surface area contributed by atoms with Crippen molar-refractivity contribution in [1.29, 1.82) is 0 Å². The Labute approximate surface area is 107 Å². The van der Waals surface area contributed by atoms with Crippen LogP contribution in [0.15, 0.2) is 18.3 Å². The van der Waals surface area contributed by atoms with E-state index in [1.165, 1.54) is 13.3 Å². The number of rotatable bonds is 2. The Morgan fingerprint density at radius 1 is 1.59 bits per heavy atom. The molecule has 1 aliphatic heterocycles.